The van der Waals surface area contributed by atoms with E-state index < -0.39 is 0 Å². The molecule has 5 heteroatoms. The lowest BCUT2D eigenvalue weighted by molar-refractivity contribution is 1.15. The maximum absolute atomic E-state index is 5.72. The zero-order chi connectivity index (χ0) is 11.4. The van der Waals surface area contributed by atoms with Crippen molar-refractivity contribution in [3.63, 3.8) is 0 Å². The lowest BCUT2D eigenvalue weighted by atomic mass is 10.2. The van der Waals surface area contributed by atoms with Gasteiger partial charge in [-0.2, -0.15) is 0 Å². The zero-order valence-electron chi connectivity index (χ0n) is 8.32. The van der Waals surface area contributed by atoms with E-state index in [1.807, 2.05) is 24.3 Å². The molecule has 0 saturated carbocycles. The van der Waals surface area contributed by atoms with E-state index in [1.165, 1.54) is 6.33 Å². The highest BCUT2D eigenvalue weighted by Gasteiger charge is 2.00. The minimum absolute atomic E-state index is 0.525. The predicted octanol–water partition coefficient (Wildman–Crippen LogP) is 3.72. The van der Waals surface area contributed by atoms with Gasteiger partial charge in [-0.1, -0.05) is 12.1 Å². The fourth-order valence-corrected chi connectivity index (χ4v) is 1.72. The summed E-state index contributed by atoms with van der Waals surface area (Å²) in [6, 6.07) is 7.88. The maximum Gasteiger partial charge on any atom is 0.148 e. The third-order valence-corrected chi connectivity index (χ3v) is 2.93. The number of hydrogen-bond acceptors (Lipinski definition) is 3. The number of nitrogens with zero attached hydrogens (tertiary/aromatic N) is 2. The van der Waals surface area contributed by atoms with Gasteiger partial charge < -0.3 is 5.32 Å². The van der Waals surface area contributed by atoms with Crippen LogP contribution in [0.2, 0.25) is 0 Å². The van der Waals surface area contributed by atoms with Gasteiger partial charge in [0.05, 0.1) is 4.47 Å². The fourth-order valence-electron chi connectivity index (χ4n) is 1.22. The van der Waals surface area contributed by atoms with Crippen molar-refractivity contribution in [3.05, 3.63) is 46.8 Å². The SMILES string of the molecule is ClCc1ccc(Nc2ncncc2Br)cc1. The number of nitrogens with one attached hydrogen (secondary N) is 1. The van der Waals surface area contributed by atoms with Gasteiger partial charge in [-0.25, -0.2) is 9.97 Å². The van der Waals surface area contributed by atoms with Crippen LogP contribution in [0.15, 0.2) is 41.3 Å². The molecule has 1 aromatic heterocycles. The second-order valence-electron chi connectivity index (χ2n) is 3.17. The third kappa shape index (κ3) is 2.71. The predicted molar refractivity (Wildman–Crippen MR) is 69.0 cm³/mol. The number of hydrogen-bond donors (Lipinski definition) is 1. The van der Waals surface area contributed by atoms with Gasteiger partial charge in [0.1, 0.15) is 12.1 Å². The van der Waals surface area contributed by atoms with Crippen LogP contribution in [0.3, 0.4) is 0 Å². The minimum atomic E-state index is 0.525. The summed E-state index contributed by atoms with van der Waals surface area (Å²) in [7, 11) is 0. The first-order chi connectivity index (χ1) is 7.79. The molecule has 1 heterocycles. The van der Waals surface area contributed by atoms with Crippen molar-refractivity contribution in [2.75, 3.05) is 5.32 Å². The standard InChI is InChI=1S/C11H9BrClN3/c12-10-6-14-7-15-11(10)16-9-3-1-8(5-13)2-4-9/h1-4,6-7H,5H2,(H,14,15,16). The smallest absolute Gasteiger partial charge is 0.148 e. The summed E-state index contributed by atoms with van der Waals surface area (Å²) >= 11 is 9.09. The molecule has 0 radical (unpaired) electrons. The first-order valence-corrected chi connectivity index (χ1v) is 6.00. The lowest BCUT2D eigenvalue weighted by Gasteiger charge is -2.06. The molecule has 0 spiro atoms. The molecule has 0 bridgehead atoms. The molecule has 0 aliphatic rings. The summed E-state index contributed by atoms with van der Waals surface area (Å²) < 4.78 is 0.830. The Hall–Kier alpha value is -1.13. The average Bonchev–Trinajstić information content (AvgIpc) is 2.33. The van der Waals surface area contributed by atoms with E-state index in [4.69, 9.17) is 11.6 Å². The molecule has 3 nitrogen and oxygen atoms in total. The van der Waals surface area contributed by atoms with Gasteiger partial charge in [-0.3, -0.25) is 0 Å². The molecule has 0 amide bonds. The summed E-state index contributed by atoms with van der Waals surface area (Å²) in [6.07, 6.45) is 3.20. The molecule has 0 aliphatic heterocycles. The van der Waals surface area contributed by atoms with Crippen molar-refractivity contribution in [2.24, 2.45) is 0 Å². The maximum atomic E-state index is 5.72. The first-order valence-electron chi connectivity index (χ1n) is 4.67. The van der Waals surface area contributed by atoms with Gasteiger partial charge in [0.2, 0.25) is 0 Å². The van der Waals surface area contributed by atoms with Crippen LogP contribution in [-0.4, -0.2) is 9.97 Å². The summed E-state index contributed by atoms with van der Waals surface area (Å²) in [6.45, 7) is 0. The van der Waals surface area contributed by atoms with Gasteiger partial charge in [-0.15, -0.1) is 11.6 Å². The molecule has 82 valence electrons. The average molecular weight is 299 g/mol. The van der Waals surface area contributed by atoms with Crippen LogP contribution >= 0.6 is 27.5 Å². The Morgan fingerprint density at radius 1 is 1.25 bits per heavy atom. The Labute approximate surface area is 107 Å². The van der Waals surface area contributed by atoms with Crippen LogP contribution in [0.1, 0.15) is 5.56 Å². The van der Waals surface area contributed by atoms with Gasteiger partial charge in [-0.05, 0) is 33.6 Å². The summed E-state index contributed by atoms with van der Waals surface area (Å²) in [5.41, 5.74) is 2.06. The highest BCUT2D eigenvalue weighted by Crippen LogP contribution is 2.22. The molecular formula is C11H9BrClN3. The highest BCUT2D eigenvalue weighted by atomic mass is 79.9. The van der Waals surface area contributed by atoms with Crippen molar-refractivity contribution in [1.29, 1.82) is 0 Å². The zero-order valence-corrected chi connectivity index (χ0v) is 10.7. The Morgan fingerprint density at radius 3 is 2.62 bits per heavy atom. The summed E-state index contributed by atoms with van der Waals surface area (Å²) in [5.74, 6) is 1.27. The molecule has 0 saturated heterocycles. The van der Waals surface area contributed by atoms with E-state index in [0.717, 1.165) is 21.5 Å². The molecule has 1 aromatic carbocycles. The quantitative estimate of drug-likeness (QED) is 0.878. The van der Waals surface area contributed by atoms with Crippen molar-refractivity contribution in [2.45, 2.75) is 5.88 Å². The Bertz CT molecular complexity index is 473. The van der Waals surface area contributed by atoms with E-state index in [1.54, 1.807) is 6.20 Å². The van der Waals surface area contributed by atoms with Gasteiger partial charge >= 0.3 is 0 Å². The fraction of sp³-hybridized carbons (Fsp3) is 0.0909. The topological polar surface area (TPSA) is 37.8 Å². The Balaban J connectivity index is 2.18. The third-order valence-electron chi connectivity index (χ3n) is 2.04. The number of anilines is 2. The molecule has 0 fully saturated rings. The van der Waals surface area contributed by atoms with Crippen LogP contribution in [0.4, 0.5) is 11.5 Å². The van der Waals surface area contributed by atoms with Crippen molar-refractivity contribution >= 4 is 39.0 Å². The van der Waals surface area contributed by atoms with Crippen molar-refractivity contribution in [1.82, 2.24) is 9.97 Å². The second-order valence-corrected chi connectivity index (χ2v) is 4.30. The first kappa shape index (κ1) is 11.4. The Morgan fingerprint density at radius 2 is 2.00 bits per heavy atom. The largest absolute Gasteiger partial charge is 0.339 e. The highest BCUT2D eigenvalue weighted by molar-refractivity contribution is 9.10. The molecule has 0 aliphatic carbocycles. The number of rotatable bonds is 3. The van der Waals surface area contributed by atoms with E-state index in [2.05, 4.69) is 31.2 Å². The van der Waals surface area contributed by atoms with Crippen molar-refractivity contribution < 1.29 is 0 Å². The van der Waals surface area contributed by atoms with Gasteiger partial charge in [0.25, 0.3) is 0 Å². The molecule has 0 unspecified atom stereocenters. The number of aromatic nitrogens is 2. The van der Waals surface area contributed by atoms with E-state index in [9.17, 15) is 0 Å². The molecule has 16 heavy (non-hydrogen) atoms. The second kappa shape index (κ2) is 5.27. The van der Waals surface area contributed by atoms with Gasteiger partial charge in [0, 0.05) is 17.8 Å². The molecule has 2 aromatic rings. The molecule has 1 N–H and O–H groups in total. The summed E-state index contributed by atoms with van der Waals surface area (Å²) in [5, 5.41) is 3.18. The monoisotopic (exact) mass is 297 g/mol. The van der Waals surface area contributed by atoms with E-state index in [0.29, 0.717) is 5.88 Å². The van der Waals surface area contributed by atoms with E-state index in [-0.39, 0.29) is 0 Å². The number of alkyl halides is 1. The Kier molecular flexibility index (Phi) is 3.74. The van der Waals surface area contributed by atoms with Crippen LogP contribution in [-0.2, 0) is 5.88 Å². The molecular weight excluding hydrogens is 289 g/mol. The molecule has 0 atom stereocenters. The van der Waals surface area contributed by atoms with Crippen LogP contribution < -0.4 is 5.32 Å². The van der Waals surface area contributed by atoms with Crippen molar-refractivity contribution in [3.8, 4) is 0 Å². The molecule has 2 rings (SSSR count). The van der Waals surface area contributed by atoms with E-state index >= 15 is 0 Å². The van der Waals surface area contributed by atoms with Gasteiger partial charge in [0.15, 0.2) is 0 Å². The number of benzene rings is 1. The number of halogens is 2. The van der Waals surface area contributed by atoms with Crippen LogP contribution in [0, 0.1) is 0 Å². The minimum Gasteiger partial charge on any atom is -0.339 e. The lowest BCUT2D eigenvalue weighted by Crippen LogP contribution is -1.95. The normalized spacial score (nSPS) is 10.1. The summed E-state index contributed by atoms with van der Waals surface area (Å²) in [4.78, 5) is 8.02. The van der Waals surface area contributed by atoms with Crippen LogP contribution in [0.5, 0.6) is 0 Å². The van der Waals surface area contributed by atoms with Crippen LogP contribution in [0.25, 0.3) is 0 Å².